The van der Waals surface area contributed by atoms with E-state index in [0.717, 1.165) is 38.6 Å². The van der Waals surface area contributed by atoms with Crippen molar-refractivity contribution in [2.75, 3.05) is 13.2 Å². The van der Waals surface area contributed by atoms with Gasteiger partial charge in [0.2, 0.25) is 0 Å². The molecule has 0 saturated carbocycles. The Morgan fingerprint density at radius 2 is 1.50 bits per heavy atom. The summed E-state index contributed by atoms with van der Waals surface area (Å²) in [4.78, 5) is 0. The molecule has 0 aromatic rings. The summed E-state index contributed by atoms with van der Waals surface area (Å²) in [5.74, 6) is 0. The van der Waals surface area contributed by atoms with E-state index in [1.807, 2.05) is 0 Å². The molecular formula is C8H19NO4S. The second kappa shape index (κ2) is 8.16. The largest absolute Gasteiger partial charge is 0.397 e. The summed E-state index contributed by atoms with van der Waals surface area (Å²) >= 11 is 0. The molecule has 5 nitrogen and oxygen atoms in total. The Morgan fingerprint density at radius 1 is 1.00 bits per heavy atom. The van der Waals surface area contributed by atoms with Crippen LogP contribution in [0.1, 0.15) is 38.5 Å². The lowest BCUT2D eigenvalue weighted by Gasteiger charge is -2.00. The van der Waals surface area contributed by atoms with Crippen LogP contribution in [0.2, 0.25) is 0 Å². The molecule has 0 aliphatic rings. The average molecular weight is 225 g/mol. The standard InChI is InChI=1S/C8H19NO4S/c9-7-5-3-1-2-4-6-8-13-14(10,11)12/h1-9H2,(H,10,11,12). The van der Waals surface area contributed by atoms with Gasteiger partial charge in [-0.2, -0.15) is 8.42 Å². The molecule has 0 unspecified atom stereocenters. The van der Waals surface area contributed by atoms with Crippen LogP contribution >= 0.6 is 0 Å². The minimum Gasteiger partial charge on any atom is -0.330 e. The van der Waals surface area contributed by atoms with E-state index in [9.17, 15) is 8.42 Å². The van der Waals surface area contributed by atoms with Crippen molar-refractivity contribution in [3.8, 4) is 0 Å². The van der Waals surface area contributed by atoms with E-state index >= 15 is 0 Å². The average Bonchev–Trinajstić information content (AvgIpc) is 2.08. The summed E-state index contributed by atoms with van der Waals surface area (Å²) in [7, 11) is -4.24. The monoisotopic (exact) mass is 225 g/mol. The molecule has 14 heavy (non-hydrogen) atoms. The second-order valence-electron chi connectivity index (χ2n) is 3.16. The molecule has 0 rings (SSSR count). The third kappa shape index (κ3) is 11.8. The van der Waals surface area contributed by atoms with Gasteiger partial charge in [-0.25, -0.2) is 4.18 Å². The first kappa shape index (κ1) is 13.8. The fraction of sp³-hybridized carbons (Fsp3) is 1.00. The topological polar surface area (TPSA) is 89.6 Å². The zero-order chi connectivity index (χ0) is 10.9. The highest BCUT2D eigenvalue weighted by Crippen LogP contribution is 2.05. The van der Waals surface area contributed by atoms with Gasteiger partial charge >= 0.3 is 10.4 Å². The van der Waals surface area contributed by atoms with Gasteiger partial charge in [-0.05, 0) is 19.4 Å². The number of hydrogen-bond acceptors (Lipinski definition) is 4. The molecule has 0 spiro atoms. The fourth-order valence-corrected chi connectivity index (χ4v) is 1.45. The van der Waals surface area contributed by atoms with Crippen molar-refractivity contribution in [1.29, 1.82) is 0 Å². The zero-order valence-electron chi connectivity index (χ0n) is 8.31. The fourth-order valence-electron chi connectivity index (χ4n) is 1.12. The van der Waals surface area contributed by atoms with Crippen LogP contribution in [-0.2, 0) is 14.6 Å². The Balaban J connectivity index is 3.07. The lowest BCUT2D eigenvalue weighted by Crippen LogP contribution is -2.04. The molecule has 0 heterocycles. The van der Waals surface area contributed by atoms with Crippen LogP contribution in [0, 0.1) is 0 Å². The highest BCUT2D eigenvalue weighted by molar-refractivity contribution is 7.80. The first-order valence-corrected chi connectivity index (χ1v) is 6.24. The highest BCUT2D eigenvalue weighted by Gasteiger charge is 2.02. The van der Waals surface area contributed by atoms with Crippen molar-refractivity contribution in [2.24, 2.45) is 5.73 Å². The normalized spacial score (nSPS) is 11.9. The molecule has 0 aromatic heterocycles. The van der Waals surface area contributed by atoms with E-state index in [-0.39, 0.29) is 6.61 Å². The summed E-state index contributed by atoms with van der Waals surface area (Å²) in [6, 6.07) is 0. The lowest BCUT2D eigenvalue weighted by molar-refractivity contribution is 0.261. The van der Waals surface area contributed by atoms with Gasteiger partial charge in [-0.3, -0.25) is 4.55 Å². The Labute approximate surface area is 85.6 Å². The van der Waals surface area contributed by atoms with Gasteiger partial charge in [0, 0.05) is 0 Å². The van der Waals surface area contributed by atoms with Crippen molar-refractivity contribution in [1.82, 2.24) is 0 Å². The maximum Gasteiger partial charge on any atom is 0.397 e. The Bertz CT molecular complexity index is 215. The van der Waals surface area contributed by atoms with Gasteiger partial charge in [-0.15, -0.1) is 0 Å². The van der Waals surface area contributed by atoms with Crippen molar-refractivity contribution in [3.05, 3.63) is 0 Å². The van der Waals surface area contributed by atoms with E-state index in [0.29, 0.717) is 6.42 Å². The van der Waals surface area contributed by atoms with Crippen LogP contribution in [0.5, 0.6) is 0 Å². The minimum absolute atomic E-state index is 0.0652. The first-order valence-electron chi connectivity index (χ1n) is 4.88. The van der Waals surface area contributed by atoms with Crippen LogP contribution in [0.25, 0.3) is 0 Å². The van der Waals surface area contributed by atoms with E-state index in [1.54, 1.807) is 0 Å². The van der Waals surface area contributed by atoms with E-state index in [4.69, 9.17) is 10.3 Å². The van der Waals surface area contributed by atoms with Crippen molar-refractivity contribution in [2.45, 2.75) is 38.5 Å². The number of unbranched alkanes of at least 4 members (excludes halogenated alkanes) is 5. The quantitative estimate of drug-likeness (QED) is 0.453. The van der Waals surface area contributed by atoms with Gasteiger partial charge < -0.3 is 5.73 Å². The summed E-state index contributed by atoms with van der Waals surface area (Å²) in [5, 5.41) is 0. The molecule has 0 radical (unpaired) electrons. The predicted molar refractivity (Wildman–Crippen MR) is 54.3 cm³/mol. The molecule has 6 heteroatoms. The van der Waals surface area contributed by atoms with Crippen LogP contribution in [0.15, 0.2) is 0 Å². The molecule has 0 amide bonds. The smallest absolute Gasteiger partial charge is 0.330 e. The summed E-state index contributed by atoms with van der Waals surface area (Å²) in [5.41, 5.74) is 5.32. The SMILES string of the molecule is NCCCCCCCCOS(=O)(=O)O. The van der Waals surface area contributed by atoms with Crippen LogP contribution < -0.4 is 5.73 Å². The highest BCUT2D eigenvalue weighted by atomic mass is 32.3. The second-order valence-corrected chi connectivity index (χ2v) is 4.25. The summed E-state index contributed by atoms with van der Waals surface area (Å²) in [6.45, 7) is 0.793. The Kier molecular flexibility index (Phi) is 8.07. The Morgan fingerprint density at radius 3 is 2.00 bits per heavy atom. The van der Waals surface area contributed by atoms with E-state index < -0.39 is 10.4 Å². The Hall–Kier alpha value is -0.170. The van der Waals surface area contributed by atoms with Gasteiger partial charge in [0.25, 0.3) is 0 Å². The van der Waals surface area contributed by atoms with Gasteiger partial charge in [-0.1, -0.05) is 25.7 Å². The molecule has 0 bridgehead atoms. The third-order valence-corrected chi connectivity index (χ3v) is 2.30. The maximum absolute atomic E-state index is 10.1. The van der Waals surface area contributed by atoms with Crippen molar-refractivity contribution in [3.63, 3.8) is 0 Å². The summed E-state index contributed by atoms with van der Waals surface area (Å²) < 4.78 is 32.6. The van der Waals surface area contributed by atoms with Crippen LogP contribution in [0.3, 0.4) is 0 Å². The molecule has 0 aliphatic carbocycles. The number of rotatable bonds is 9. The molecule has 0 aromatic carbocycles. The maximum atomic E-state index is 10.1. The van der Waals surface area contributed by atoms with Gasteiger partial charge in [0.05, 0.1) is 6.61 Å². The van der Waals surface area contributed by atoms with Gasteiger partial charge in [0.15, 0.2) is 0 Å². The van der Waals surface area contributed by atoms with E-state index in [1.165, 1.54) is 0 Å². The molecule has 0 aliphatic heterocycles. The van der Waals surface area contributed by atoms with Crippen molar-refractivity contribution >= 4 is 10.4 Å². The van der Waals surface area contributed by atoms with Crippen LogP contribution in [0.4, 0.5) is 0 Å². The molecule has 86 valence electrons. The van der Waals surface area contributed by atoms with Crippen LogP contribution in [-0.4, -0.2) is 26.1 Å². The molecule has 3 N–H and O–H groups in total. The van der Waals surface area contributed by atoms with Gasteiger partial charge in [0.1, 0.15) is 0 Å². The zero-order valence-corrected chi connectivity index (χ0v) is 9.13. The third-order valence-electron chi connectivity index (χ3n) is 1.83. The molecule has 0 saturated heterocycles. The number of nitrogens with two attached hydrogens (primary N) is 1. The minimum atomic E-state index is -4.24. The van der Waals surface area contributed by atoms with E-state index in [2.05, 4.69) is 4.18 Å². The number of hydrogen-bond donors (Lipinski definition) is 2. The molecule has 0 fully saturated rings. The molecular weight excluding hydrogens is 206 g/mol. The lowest BCUT2D eigenvalue weighted by atomic mass is 10.1. The van der Waals surface area contributed by atoms with Crippen molar-refractivity contribution < 1.29 is 17.2 Å². The molecule has 0 atom stereocenters. The first-order chi connectivity index (χ1) is 6.56. The predicted octanol–water partition coefficient (Wildman–Crippen LogP) is 1.11. The summed E-state index contributed by atoms with van der Waals surface area (Å²) in [6.07, 6.45) is 5.90.